The second kappa shape index (κ2) is 7.26. The number of nitrogens with one attached hydrogen (secondary N) is 1. The van der Waals surface area contributed by atoms with Crippen molar-refractivity contribution < 1.29 is 9.13 Å². The minimum Gasteiger partial charge on any atom is -0.476 e. The Kier molecular flexibility index (Phi) is 5.38. The molecule has 0 aliphatic rings. The van der Waals surface area contributed by atoms with Crippen LogP contribution in [0.15, 0.2) is 34.8 Å². The van der Waals surface area contributed by atoms with E-state index < -0.39 is 0 Å². The minimum absolute atomic E-state index is 0.261. The molecule has 0 unspecified atom stereocenters. The Bertz CT molecular complexity index is 622. The normalized spacial score (nSPS) is 10.4. The summed E-state index contributed by atoms with van der Waals surface area (Å²) in [5.41, 5.74) is 6.84. The van der Waals surface area contributed by atoms with Gasteiger partial charge in [-0.05, 0) is 36.8 Å². The van der Waals surface area contributed by atoms with Gasteiger partial charge in [0.1, 0.15) is 11.6 Å². The van der Waals surface area contributed by atoms with Gasteiger partial charge in [-0.25, -0.2) is 4.39 Å². The molecule has 1 aromatic heterocycles. The molecule has 0 bridgehead atoms. The largest absolute Gasteiger partial charge is 0.476 e. The van der Waals surface area contributed by atoms with Crippen LogP contribution in [0.3, 0.4) is 0 Å². The first-order valence-electron chi connectivity index (χ1n) is 6.67. The number of pyridine rings is 1. The highest BCUT2D eigenvalue weighted by Gasteiger charge is 2.06. The maximum atomic E-state index is 13.7. The molecule has 0 aliphatic carbocycles. The van der Waals surface area contributed by atoms with Crippen molar-refractivity contribution >= 4 is 27.4 Å². The third kappa shape index (κ3) is 4.32. The molecule has 1 heterocycles. The number of nitrogen functional groups attached to an aromatic ring is 1. The second-order valence-electron chi connectivity index (χ2n) is 4.53. The SMILES string of the molecule is CCCOc1nc(NCc2cc(Br)ccc2F)ccc1N. The summed E-state index contributed by atoms with van der Waals surface area (Å²) in [6.45, 7) is 2.89. The van der Waals surface area contributed by atoms with Crippen LogP contribution in [-0.4, -0.2) is 11.6 Å². The smallest absolute Gasteiger partial charge is 0.239 e. The van der Waals surface area contributed by atoms with Crippen molar-refractivity contribution in [1.29, 1.82) is 0 Å². The fourth-order valence-corrected chi connectivity index (χ4v) is 2.14. The van der Waals surface area contributed by atoms with E-state index in [2.05, 4.69) is 26.2 Å². The molecule has 6 heteroatoms. The first kappa shape index (κ1) is 15.6. The van der Waals surface area contributed by atoms with E-state index in [9.17, 15) is 4.39 Å². The van der Waals surface area contributed by atoms with Gasteiger partial charge in [-0.15, -0.1) is 0 Å². The summed E-state index contributed by atoms with van der Waals surface area (Å²) in [5, 5.41) is 3.07. The van der Waals surface area contributed by atoms with Gasteiger partial charge in [-0.2, -0.15) is 4.98 Å². The molecule has 2 aromatic rings. The topological polar surface area (TPSA) is 60.2 Å². The van der Waals surface area contributed by atoms with Gasteiger partial charge in [0.25, 0.3) is 0 Å². The first-order valence-corrected chi connectivity index (χ1v) is 7.46. The Morgan fingerprint density at radius 3 is 2.90 bits per heavy atom. The van der Waals surface area contributed by atoms with Crippen LogP contribution >= 0.6 is 15.9 Å². The molecule has 2 rings (SSSR count). The zero-order valence-corrected chi connectivity index (χ0v) is 13.3. The van der Waals surface area contributed by atoms with E-state index in [-0.39, 0.29) is 5.82 Å². The Balaban J connectivity index is 2.07. The Morgan fingerprint density at radius 1 is 1.33 bits per heavy atom. The molecule has 0 atom stereocenters. The number of halogens is 2. The van der Waals surface area contributed by atoms with Crippen molar-refractivity contribution in [3.05, 3.63) is 46.2 Å². The lowest BCUT2D eigenvalue weighted by molar-refractivity contribution is 0.307. The van der Waals surface area contributed by atoms with Gasteiger partial charge in [0.15, 0.2) is 0 Å². The van der Waals surface area contributed by atoms with E-state index in [1.165, 1.54) is 6.07 Å². The number of hydrogen-bond acceptors (Lipinski definition) is 4. The maximum absolute atomic E-state index is 13.7. The van der Waals surface area contributed by atoms with E-state index in [4.69, 9.17) is 10.5 Å². The molecular formula is C15H17BrFN3O. The molecule has 0 saturated heterocycles. The van der Waals surface area contributed by atoms with Crippen molar-refractivity contribution in [2.24, 2.45) is 0 Å². The fraction of sp³-hybridized carbons (Fsp3) is 0.267. The third-order valence-corrected chi connectivity index (χ3v) is 3.29. The summed E-state index contributed by atoms with van der Waals surface area (Å²) in [6.07, 6.45) is 0.877. The number of hydrogen-bond donors (Lipinski definition) is 2. The van der Waals surface area contributed by atoms with Crippen LogP contribution in [0, 0.1) is 5.82 Å². The Labute approximate surface area is 131 Å². The monoisotopic (exact) mass is 353 g/mol. The molecular weight excluding hydrogens is 337 g/mol. The predicted octanol–water partition coefficient (Wildman–Crippen LogP) is 3.97. The lowest BCUT2D eigenvalue weighted by Crippen LogP contribution is -2.06. The molecule has 3 N–H and O–H groups in total. The van der Waals surface area contributed by atoms with Crippen LogP contribution in [0.4, 0.5) is 15.9 Å². The van der Waals surface area contributed by atoms with E-state index >= 15 is 0 Å². The molecule has 0 amide bonds. The molecule has 112 valence electrons. The minimum atomic E-state index is -0.261. The molecule has 21 heavy (non-hydrogen) atoms. The highest BCUT2D eigenvalue weighted by Crippen LogP contribution is 2.22. The van der Waals surface area contributed by atoms with Crippen molar-refractivity contribution in [2.75, 3.05) is 17.7 Å². The summed E-state index contributed by atoms with van der Waals surface area (Å²) in [4.78, 5) is 4.28. The summed E-state index contributed by atoms with van der Waals surface area (Å²) in [5.74, 6) is 0.731. The number of nitrogens with two attached hydrogens (primary N) is 1. The number of aromatic nitrogens is 1. The van der Waals surface area contributed by atoms with Gasteiger partial charge in [0.2, 0.25) is 5.88 Å². The number of anilines is 2. The number of rotatable bonds is 6. The summed E-state index contributed by atoms with van der Waals surface area (Å²) in [7, 11) is 0. The predicted molar refractivity (Wildman–Crippen MR) is 85.9 cm³/mol. The highest BCUT2D eigenvalue weighted by atomic mass is 79.9. The van der Waals surface area contributed by atoms with Crippen molar-refractivity contribution in [3.8, 4) is 5.88 Å². The van der Waals surface area contributed by atoms with Crippen LogP contribution < -0.4 is 15.8 Å². The maximum Gasteiger partial charge on any atom is 0.239 e. The number of benzene rings is 1. The van der Waals surface area contributed by atoms with Gasteiger partial charge in [-0.3, -0.25) is 0 Å². The van der Waals surface area contributed by atoms with Crippen LogP contribution in [0.5, 0.6) is 5.88 Å². The standard InChI is InChI=1S/C15H17BrFN3O/c1-2-7-21-15-13(18)5-6-14(20-15)19-9-10-8-11(16)3-4-12(10)17/h3-6,8H,2,7,9,18H2,1H3,(H,19,20). The van der Waals surface area contributed by atoms with E-state index in [0.717, 1.165) is 10.9 Å². The van der Waals surface area contributed by atoms with Crippen LogP contribution in [0.25, 0.3) is 0 Å². The number of ether oxygens (including phenoxy) is 1. The molecule has 0 fully saturated rings. The summed E-state index contributed by atoms with van der Waals surface area (Å²) in [6, 6.07) is 8.28. The third-order valence-electron chi connectivity index (χ3n) is 2.80. The number of nitrogens with zero attached hydrogens (tertiary/aromatic N) is 1. The zero-order valence-electron chi connectivity index (χ0n) is 11.7. The van der Waals surface area contributed by atoms with Crippen LogP contribution in [0.1, 0.15) is 18.9 Å². The van der Waals surface area contributed by atoms with E-state index in [0.29, 0.717) is 36.1 Å². The van der Waals surface area contributed by atoms with Crippen molar-refractivity contribution in [3.63, 3.8) is 0 Å². The Morgan fingerprint density at radius 2 is 2.14 bits per heavy atom. The van der Waals surface area contributed by atoms with Crippen LogP contribution in [-0.2, 0) is 6.54 Å². The van der Waals surface area contributed by atoms with Crippen molar-refractivity contribution in [2.45, 2.75) is 19.9 Å². The Hall–Kier alpha value is -1.82. The summed E-state index contributed by atoms with van der Waals surface area (Å²) < 4.78 is 20.0. The van der Waals surface area contributed by atoms with Gasteiger partial charge in [-0.1, -0.05) is 22.9 Å². The fourth-order valence-electron chi connectivity index (χ4n) is 1.73. The molecule has 0 spiro atoms. The first-order chi connectivity index (χ1) is 10.1. The van der Waals surface area contributed by atoms with Gasteiger partial charge in [0, 0.05) is 16.6 Å². The lowest BCUT2D eigenvalue weighted by Gasteiger charge is -2.11. The second-order valence-corrected chi connectivity index (χ2v) is 5.44. The van der Waals surface area contributed by atoms with Gasteiger partial charge in [0.05, 0.1) is 12.3 Å². The van der Waals surface area contributed by atoms with E-state index in [1.54, 1.807) is 24.3 Å². The highest BCUT2D eigenvalue weighted by molar-refractivity contribution is 9.10. The average Bonchev–Trinajstić information content (AvgIpc) is 2.48. The average molecular weight is 354 g/mol. The molecule has 4 nitrogen and oxygen atoms in total. The molecule has 0 radical (unpaired) electrons. The molecule has 0 aliphatic heterocycles. The van der Waals surface area contributed by atoms with Gasteiger partial charge >= 0.3 is 0 Å². The van der Waals surface area contributed by atoms with Crippen molar-refractivity contribution in [1.82, 2.24) is 4.98 Å². The lowest BCUT2D eigenvalue weighted by atomic mass is 10.2. The quantitative estimate of drug-likeness (QED) is 0.824. The van der Waals surface area contributed by atoms with Crippen LogP contribution in [0.2, 0.25) is 0 Å². The summed E-state index contributed by atoms with van der Waals surface area (Å²) >= 11 is 3.33. The molecule has 1 aromatic carbocycles. The van der Waals surface area contributed by atoms with Gasteiger partial charge < -0.3 is 15.8 Å². The zero-order chi connectivity index (χ0) is 15.2. The molecule has 0 saturated carbocycles. The van der Waals surface area contributed by atoms with E-state index in [1.807, 2.05) is 6.92 Å².